The van der Waals surface area contributed by atoms with Crippen LogP contribution in [0.4, 0.5) is 19.3 Å². The number of nitrogens with zero attached hydrogens (tertiary/aromatic N) is 2. The Bertz CT molecular complexity index is 1080. The van der Waals surface area contributed by atoms with Gasteiger partial charge < -0.3 is 10.2 Å². The molecule has 2 aliphatic rings. The third-order valence-corrected chi connectivity index (χ3v) is 6.82. The van der Waals surface area contributed by atoms with Crippen LogP contribution in [-0.4, -0.2) is 41.1 Å². The summed E-state index contributed by atoms with van der Waals surface area (Å²) in [6.07, 6.45) is 0.747. The van der Waals surface area contributed by atoms with Gasteiger partial charge in [-0.1, -0.05) is 19.1 Å². The van der Waals surface area contributed by atoms with E-state index in [0.717, 1.165) is 40.1 Å². The SMILES string of the molecule is CC1CCN(C(=O)CN2C(=O)NC(C)(c3cc(F)ccc3F)C2=O)c2ccccc2S1. The Balaban J connectivity index is 1.60. The van der Waals surface area contributed by atoms with Gasteiger partial charge in [0.25, 0.3) is 5.91 Å². The van der Waals surface area contributed by atoms with Crippen molar-refractivity contribution >= 4 is 35.3 Å². The van der Waals surface area contributed by atoms with Crippen molar-refractivity contribution in [2.24, 2.45) is 0 Å². The number of carbonyl (C=O) groups is 3. The zero-order chi connectivity index (χ0) is 22.3. The molecular weight excluding hydrogens is 424 g/mol. The summed E-state index contributed by atoms with van der Waals surface area (Å²) in [6.45, 7) is 3.33. The van der Waals surface area contributed by atoms with Crippen molar-refractivity contribution in [2.45, 2.75) is 36.0 Å². The maximum Gasteiger partial charge on any atom is 0.325 e. The monoisotopic (exact) mass is 445 g/mol. The quantitative estimate of drug-likeness (QED) is 0.733. The first-order chi connectivity index (χ1) is 14.7. The number of amides is 4. The molecule has 4 rings (SSSR count). The van der Waals surface area contributed by atoms with Gasteiger partial charge in [-0.2, -0.15) is 0 Å². The van der Waals surface area contributed by atoms with E-state index in [1.54, 1.807) is 16.7 Å². The highest BCUT2D eigenvalue weighted by atomic mass is 32.2. The van der Waals surface area contributed by atoms with Gasteiger partial charge in [0.15, 0.2) is 0 Å². The van der Waals surface area contributed by atoms with Gasteiger partial charge in [0.05, 0.1) is 5.69 Å². The van der Waals surface area contributed by atoms with E-state index in [4.69, 9.17) is 0 Å². The van der Waals surface area contributed by atoms with Gasteiger partial charge in [-0.15, -0.1) is 11.8 Å². The Morgan fingerprint density at radius 2 is 1.97 bits per heavy atom. The molecule has 1 saturated heterocycles. The number of urea groups is 1. The molecule has 2 unspecified atom stereocenters. The van der Waals surface area contributed by atoms with Gasteiger partial charge in [0, 0.05) is 22.3 Å². The number of nitrogens with one attached hydrogen (secondary N) is 1. The average Bonchev–Trinajstić information content (AvgIpc) is 2.86. The van der Waals surface area contributed by atoms with Crippen LogP contribution < -0.4 is 10.2 Å². The van der Waals surface area contributed by atoms with Gasteiger partial charge in [-0.3, -0.25) is 14.5 Å². The van der Waals surface area contributed by atoms with Crippen LogP contribution in [0.2, 0.25) is 0 Å². The minimum atomic E-state index is -1.80. The summed E-state index contributed by atoms with van der Waals surface area (Å²) < 4.78 is 28.0. The lowest BCUT2D eigenvalue weighted by molar-refractivity contribution is -0.134. The number of benzene rings is 2. The summed E-state index contributed by atoms with van der Waals surface area (Å²) in [6, 6.07) is 9.36. The normalized spacial score (nSPS) is 23.4. The highest BCUT2D eigenvalue weighted by Gasteiger charge is 2.51. The number of rotatable bonds is 3. The zero-order valence-corrected chi connectivity index (χ0v) is 17.8. The van der Waals surface area contributed by atoms with Crippen LogP contribution in [0.15, 0.2) is 47.4 Å². The van der Waals surface area contributed by atoms with Crippen molar-refractivity contribution in [3.05, 3.63) is 59.7 Å². The molecule has 2 aromatic carbocycles. The van der Waals surface area contributed by atoms with Crippen LogP contribution in [0.3, 0.4) is 0 Å². The second kappa shape index (κ2) is 7.96. The Hall–Kier alpha value is -2.94. The first-order valence-electron chi connectivity index (χ1n) is 9.86. The number of hydrogen-bond acceptors (Lipinski definition) is 4. The summed E-state index contributed by atoms with van der Waals surface area (Å²) in [5.74, 6) is -2.78. The Morgan fingerprint density at radius 1 is 1.23 bits per heavy atom. The molecule has 2 heterocycles. The number of para-hydroxylation sites is 1. The van der Waals surface area contributed by atoms with Crippen molar-refractivity contribution in [3.8, 4) is 0 Å². The van der Waals surface area contributed by atoms with Crippen LogP contribution in [0.1, 0.15) is 25.8 Å². The number of hydrogen-bond donors (Lipinski definition) is 1. The molecule has 0 bridgehead atoms. The molecule has 6 nitrogen and oxygen atoms in total. The van der Waals surface area contributed by atoms with E-state index in [1.807, 2.05) is 24.3 Å². The molecule has 31 heavy (non-hydrogen) atoms. The van der Waals surface area contributed by atoms with E-state index in [-0.39, 0.29) is 5.56 Å². The standard InChI is InChI=1S/C22H21F2N3O3S/c1-13-9-10-26(17-5-3-4-6-18(17)31-13)19(28)12-27-20(29)22(2,25-21(27)30)15-11-14(23)7-8-16(15)24/h3-8,11,13H,9-10,12H2,1-2H3,(H,25,30). The molecule has 2 aliphatic heterocycles. The van der Waals surface area contributed by atoms with Crippen molar-refractivity contribution in [1.82, 2.24) is 10.2 Å². The Labute approximate surface area is 182 Å². The van der Waals surface area contributed by atoms with Gasteiger partial charge in [0.1, 0.15) is 23.7 Å². The molecule has 0 spiro atoms. The molecule has 162 valence electrons. The molecule has 9 heteroatoms. The van der Waals surface area contributed by atoms with E-state index in [9.17, 15) is 23.2 Å². The number of thioether (sulfide) groups is 1. The van der Waals surface area contributed by atoms with Crippen LogP contribution in [0.5, 0.6) is 0 Å². The fourth-order valence-corrected chi connectivity index (χ4v) is 4.98. The van der Waals surface area contributed by atoms with Gasteiger partial charge in [0.2, 0.25) is 5.91 Å². The predicted octanol–water partition coefficient (Wildman–Crippen LogP) is 3.65. The summed E-state index contributed by atoms with van der Waals surface area (Å²) in [5.41, 5.74) is -1.36. The molecule has 2 aromatic rings. The molecule has 2 atom stereocenters. The minimum absolute atomic E-state index is 0.286. The second-order valence-corrected chi connectivity index (χ2v) is 9.28. The summed E-state index contributed by atoms with van der Waals surface area (Å²) in [7, 11) is 0. The van der Waals surface area contributed by atoms with Gasteiger partial charge in [-0.25, -0.2) is 13.6 Å². The zero-order valence-electron chi connectivity index (χ0n) is 17.0. The lowest BCUT2D eigenvalue weighted by atomic mass is 9.91. The molecule has 0 saturated carbocycles. The topological polar surface area (TPSA) is 69.7 Å². The molecule has 4 amide bonds. The largest absolute Gasteiger partial charge is 0.325 e. The Kier molecular flexibility index (Phi) is 5.47. The van der Waals surface area contributed by atoms with Crippen molar-refractivity contribution in [2.75, 3.05) is 18.0 Å². The molecular formula is C22H21F2N3O3S. The molecule has 0 aliphatic carbocycles. The van der Waals surface area contributed by atoms with E-state index in [0.29, 0.717) is 11.8 Å². The number of imide groups is 1. The molecule has 1 fully saturated rings. The molecule has 1 N–H and O–H groups in total. The van der Waals surface area contributed by atoms with E-state index >= 15 is 0 Å². The van der Waals surface area contributed by atoms with Gasteiger partial charge in [-0.05, 0) is 43.7 Å². The number of halogens is 2. The molecule has 0 radical (unpaired) electrons. The fraction of sp³-hybridized carbons (Fsp3) is 0.318. The lowest BCUT2D eigenvalue weighted by Crippen LogP contribution is -2.45. The third kappa shape index (κ3) is 3.78. The first kappa shape index (κ1) is 21.3. The van der Waals surface area contributed by atoms with Crippen LogP contribution >= 0.6 is 11.8 Å². The van der Waals surface area contributed by atoms with E-state index < -0.39 is 41.6 Å². The number of anilines is 1. The number of carbonyl (C=O) groups excluding carboxylic acids is 3. The van der Waals surface area contributed by atoms with Crippen LogP contribution in [-0.2, 0) is 15.1 Å². The summed E-state index contributed by atoms with van der Waals surface area (Å²) >= 11 is 1.67. The number of fused-ring (bicyclic) bond motifs is 1. The van der Waals surface area contributed by atoms with Crippen LogP contribution in [0.25, 0.3) is 0 Å². The average molecular weight is 445 g/mol. The third-order valence-electron chi connectivity index (χ3n) is 5.58. The van der Waals surface area contributed by atoms with E-state index in [2.05, 4.69) is 12.2 Å². The molecule has 0 aromatic heterocycles. The highest BCUT2D eigenvalue weighted by molar-refractivity contribution is 8.00. The van der Waals surface area contributed by atoms with Crippen molar-refractivity contribution in [1.29, 1.82) is 0 Å². The highest BCUT2D eigenvalue weighted by Crippen LogP contribution is 2.37. The van der Waals surface area contributed by atoms with E-state index in [1.165, 1.54) is 6.92 Å². The maximum absolute atomic E-state index is 14.3. The first-order valence-corrected chi connectivity index (χ1v) is 10.7. The lowest BCUT2D eigenvalue weighted by Gasteiger charge is -2.25. The Morgan fingerprint density at radius 3 is 2.74 bits per heavy atom. The smallest absolute Gasteiger partial charge is 0.319 e. The maximum atomic E-state index is 14.3. The summed E-state index contributed by atoms with van der Waals surface area (Å²) in [5, 5.41) is 2.72. The predicted molar refractivity (Wildman–Crippen MR) is 113 cm³/mol. The minimum Gasteiger partial charge on any atom is -0.319 e. The van der Waals surface area contributed by atoms with Crippen LogP contribution in [0, 0.1) is 11.6 Å². The fourth-order valence-electron chi connectivity index (χ4n) is 3.87. The summed E-state index contributed by atoms with van der Waals surface area (Å²) in [4.78, 5) is 42.0. The van der Waals surface area contributed by atoms with Gasteiger partial charge >= 0.3 is 6.03 Å². The second-order valence-electron chi connectivity index (χ2n) is 7.80. The van der Waals surface area contributed by atoms with Crippen molar-refractivity contribution < 1.29 is 23.2 Å². The van der Waals surface area contributed by atoms with Crippen molar-refractivity contribution in [3.63, 3.8) is 0 Å².